The van der Waals surface area contributed by atoms with Crippen molar-refractivity contribution >= 4 is 5.52 Å². The fourth-order valence-corrected chi connectivity index (χ4v) is 2.17. The average molecular weight is 247 g/mol. The van der Waals surface area contributed by atoms with Gasteiger partial charge in [-0.05, 0) is 18.6 Å². The summed E-state index contributed by atoms with van der Waals surface area (Å²) in [6.07, 6.45) is 6.19. The van der Waals surface area contributed by atoms with E-state index in [2.05, 4.69) is 23.4 Å². The maximum absolute atomic E-state index is 5.23. The second-order valence-corrected chi connectivity index (χ2v) is 4.52. The van der Waals surface area contributed by atoms with Gasteiger partial charge in [0.05, 0.1) is 18.3 Å². The molecule has 4 nitrogen and oxygen atoms in total. The van der Waals surface area contributed by atoms with Crippen molar-refractivity contribution in [1.82, 2.24) is 14.9 Å². The monoisotopic (exact) mass is 247 g/mol. The van der Waals surface area contributed by atoms with Crippen LogP contribution in [0.2, 0.25) is 0 Å². The Kier molecular flexibility index (Phi) is 4.73. The van der Waals surface area contributed by atoms with Crippen LogP contribution in [0.15, 0.2) is 30.6 Å². The van der Waals surface area contributed by atoms with Crippen LogP contribution in [0.25, 0.3) is 5.52 Å². The van der Waals surface area contributed by atoms with Gasteiger partial charge in [-0.1, -0.05) is 19.4 Å². The lowest BCUT2D eigenvalue weighted by atomic mass is 10.1. The van der Waals surface area contributed by atoms with Gasteiger partial charge >= 0.3 is 0 Å². The van der Waals surface area contributed by atoms with E-state index in [1.807, 2.05) is 29.0 Å². The zero-order chi connectivity index (χ0) is 12.8. The number of nitrogens with one attached hydrogen (secondary N) is 1. The fraction of sp³-hybridized carbons (Fsp3) is 0.500. The van der Waals surface area contributed by atoms with Gasteiger partial charge in [0.25, 0.3) is 0 Å². The number of rotatable bonds is 7. The summed E-state index contributed by atoms with van der Waals surface area (Å²) in [6, 6.07) is 6.54. The van der Waals surface area contributed by atoms with Gasteiger partial charge in [0, 0.05) is 31.5 Å². The minimum absolute atomic E-state index is 0.415. The first-order chi connectivity index (χ1) is 8.85. The van der Waals surface area contributed by atoms with Crippen molar-refractivity contribution in [1.29, 1.82) is 0 Å². The highest BCUT2D eigenvalue weighted by atomic mass is 16.5. The van der Waals surface area contributed by atoms with Crippen LogP contribution >= 0.6 is 0 Å². The third-order valence-electron chi connectivity index (χ3n) is 3.09. The lowest BCUT2D eigenvalue weighted by Crippen LogP contribution is -2.32. The minimum Gasteiger partial charge on any atom is -0.383 e. The molecule has 0 fully saturated rings. The largest absolute Gasteiger partial charge is 0.383 e. The number of hydrogen-bond acceptors (Lipinski definition) is 3. The number of aromatic nitrogens is 2. The number of fused-ring (bicyclic) bond motifs is 1. The van der Waals surface area contributed by atoms with Gasteiger partial charge in [0.1, 0.15) is 0 Å². The van der Waals surface area contributed by atoms with Gasteiger partial charge in [-0.3, -0.25) is 0 Å². The third-order valence-corrected chi connectivity index (χ3v) is 3.09. The van der Waals surface area contributed by atoms with E-state index in [0.717, 1.165) is 31.5 Å². The van der Waals surface area contributed by atoms with Crippen LogP contribution in [0.1, 0.15) is 25.3 Å². The summed E-state index contributed by atoms with van der Waals surface area (Å²) in [7, 11) is 1.75. The van der Waals surface area contributed by atoms with Crippen molar-refractivity contribution in [3.05, 3.63) is 36.2 Å². The van der Waals surface area contributed by atoms with Crippen LogP contribution in [-0.4, -0.2) is 29.4 Å². The zero-order valence-electron chi connectivity index (χ0n) is 11.1. The Balaban J connectivity index is 2.00. The summed E-state index contributed by atoms with van der Waals surface area (Å²) in [5.74, 6) is 0. The van der Waals surface area contributed by atoms with Crippen molar-refractivity contribution in [2.75, 3.05) is 13.7 Å². The van der Waals surface area contributed by atoms with Crippen molar-refractivity contribution in [2.24, 2.45) is 0 Å². The summed E-state index contributed by atoms with van der Waals surface area (Å²) >= 11 is 0. The second-order valence-electron chi connectivity index (χ2n) is 4.52. The maximum Gasteiger partial charge on any atom is 0.0706 e. The summed E-state index contributed by atoms with van der Waals surface area (Å²) in [5, 5.41) is 7.87. The maximum atomic E-state index is 5.23. The SMILES string of the molecule is CCCC(COC)NCc1cnn2ccccc12. The molecule has 0 aliphatic rings. The van der Waals surface area contributed by atoms with Gasteiger partial charge in [0.15, 0.2) is 0 Å². The molecule has 0 aromatic carbocycles. The Bertz CT molecular complexity index is 475. The van der Waals surface area contributed by atoms with E-state index < -0.39 is 0 Å². The normalized spacial score (nSPS) is 13.0. The molecule has 98 valence electrons. The Morgan fingerprint density at radius 3 is 3.11 bits per heavy atom. The Morgan fingerprint density at radius 1 is 1.44 bits per heavy atom. The van der Waals surface area contributed by atoms with Gasteiger partial charge in [-0.25, -0.2) is 4.52 Å². The van der Waals surface area contributed by atoms with E-state index in [4.69, 9.17) is 4.74 Å². The highest BCUT2D eigenvalue weighted by Gasteiger charge is 2.08. The van der Waals surface area contributed by atoms with E-state index in [-0.39, 0.29) is 0 Å². The highest BCUT2D eigenvalue weighted by molar-refractivity contribution is 5.53. The molecule has 1 N–H and O–H groups in total. The molecule has 2 aromatic rings. The number of hydrogen-bond donors (Lipinski definition) is 1. The van der Waals surface area contributed by atoms with Crippen LogP contribution in [-0.2, 0) is 11.3 Å². The van der Waals surface area contributed by atoms with Gasteiger partial charge < -0.3 is 10.1 Å². The molecule has 0 radical (unpaired) electrons. The quantitative estimate of drug-likeness (QED) is 0.815. The molecule has 0 aliphatic carbocycles. The van der Waals surface area contributed by atoms with E-state index in [1.54, 1.807) is 7.11 Å². The topological polar surface area (TPSA) is 38.6 Å². The number of nitrogens with zero attached hydrogens (tertiary/aromatic N) is 2. The van der Waals surface area contributed by atoms with Gasteiger partial charge in [-0.2, -0.15) is 5.10 Å². The predicted molar refractivity (Wildman–Crippen MR) is 72.6 cm³/mol. The molecule has 0 spiro atoms. The molecule has 0 saturated carbocycles. The minimum atomic E-state index is 0.415. The first-order valence-electron chi connectivity index (χ1n) is 6.48. The molecular weight excluding hydrogens is 226 g/mol. The lowest BCUT2D eigenvalue weighted by Gasteiger charge is -2.16. The van der Waals surface area contributed by atoms with E-state index in [1.165, 1.54) is 5.56 Å². The van der Waals surface area contributed by atoms with E-state index >= 15 is 0 Å². The summed E-state index contributed by atoms with van der Waals surface area (Å²) < 4.78 is 7.14. The lowest BCUT2D eigenvalue weighted by molar-refractivity contribution is 0.161. The Hall–Kier alpha value is -1.39. The van der Waals surface area contributed by atoms with Crippen LogP contribution in [0.3, 0.4) is 0 Å². The van der Waals surface area contributed by atoms with E-state index in [0.29, 0.717) is 6.04 Å². The first kappa shape index (κ1) is 13.1. The van der Waals surface area contributed by atoms with Crippen molar-refractivity contribution in [2.45, 2.75) is 32.4 Å². The molecule has 0 amide bonds. The molecule has 0 aliphatic heterocycles. The second kappa shape index (κ2) is 6.52. The van der Waals surface area contributed by atoms with Crippen LogP contribution in [0, 0.1) is 0 Å². The molecule has 4 heteroatoms. The summed E-state index contributed by atoms with van der Waals surface area (Å²) in [5.41, 5.74) is 2.39. The van der Waals surface area contributed by atoms with Crippen LogP contribution < -0.4 is 5.32 Å². The number of ether oxygens (including phenoxy) is 1. The third kappa shape index (κ3) is 3.09. The molecule has 1 unspecified atom stereocenters. The summed E-state index contributed by atoms with van der Waals surface area (Å²) in [6.45, 7) is 3.79. The van der Waals surface area contributed by atoms with E-state index in [9.17, 15) is 0 Å². The molecule has 2 aromatic heterocycles. The summed E-state index contributed by atoms with van der Waals surface area (Å²) in [4.78, 5) is 0. The average Bonchev–Trinajstić information content (AvgIpc) is 2.80. The fourth-order valence-electron chi connectivity index (χ4n) is 2.17. The Labute approximate surface area is 108 Å². The molecular formula is C14H21N3O. The molecule has 2 heterocycles. The number of pyridine rings is 1. The molecule has 0 saturated heterocycles. The van der Waals surface area contributed by atoms with Gasteiger partial charge in [0.2, 0.25) is 0 Å². The van der Waals surface area contributed by atoms with Crippen molar-refractivity contribution in [3.63, 3.8) is 0 Å². The molecule has 1 atom stereocenters. The zero-order valence-corrected chi connectivity index (χ0v) is 11.1. The molecule has 18 heavy (non-hydrogen) atoms. The molecule has 2 rings (SSSR count). The first-order valence-corrected chi connectivity index (χ1v) is 6.48. The van der Waals surface area contributed by atoms with Gasteiger partial charge in [-0.15, -0.1) is 0 Å². The van der Waals surface area contributed by atoms with Crippen molar-refractivity contribution < 1.29 is 4.74 Å². The number of methoxy groups -OCH3 is 1. The smallest absolute Gasteiger partial charge is 0.0706 e. The van der Waals surface area contributed by atoms with Crippen LogP contribution in [0.4, 0.5) is 0 Å². The molecule has 0 bridgehead atoms. The Morgan fingerprint density at radius 2 is 2.33 bits per heavy atom. The predicted octanol–water partition coefficient (Wildman–Crippen LogP) is 2.24. The van der Waals surface area contributed by atoms with Crippen LogP contribution in [0.5, 0.6) is 0 Å². The van der Waals surface area contributed by atoms with Crippen molar-refractivity contribution in [3.8, 4) is 0 Å². The standard InChI is InChI=1S/C14H21N3O/c1-3-6-13(11-18-2)15-9-12-10-16-17-8-5-4-7-14(12)17/h4-5,7-8,10,13,15H,3,6,9,11H2,1-2H3. The highest BCUT2D eigenvalue weighted by Crippen LogP contribution is 2.10.